The van der Waals surface area contributed by atoms with E-state index in [1.165, 1.54) is 43.4 Å². The quantitative estimate of drug-likeness (QED) is 0.157. The van der Waals surface area contributed by atoms with Crippen molar-refractivity contribution < 1.29 is 8.83 Å². The smallest absolute Gasteiger partial charge is 0.159 e. The van der Waals surface area contributed by atoms with E-state index in [9.17, 15) is 0 Å². The van der Waals surface area contributed by atoms with Gasteiger partial charge in [-0.25, -0.2) is 0 Å². The first-order valence-electron chi connectivity index (χ1n) is 21.5. The average molecular weight is 801 g/mol. The van der Waals surface area contributed by atoms with Gasteiger partial charge >= 0.3 is 0 Å². The Morgan fingerprint density at radius 3 is 1.10 bits per heavy atom. The molecule has 12 rings (SSSR count). The molecule has 0 bridgehead atoms. The minimum Gasteiger partial charge on any atom is -0.454 e. The zero-order chi connectivity index (χ0) is 42.0. The van der Waals surface area contributed by atoms with Crippen molar-refractivity contribution in [1.29, 1.82) is 0 Å². The molecule has 2 heterocycles. The van der Waals surface area contributed by atoms with E-state index < -0.39 is 0 Å². The average Bonchev–Trinajstić information content (AvgIpc) is 3.86. The summed E-state index contributed by atoms with van der Waals surface area (Å²) in [6.45, 7) is 12.9. The van der Waals surface area contributed by atoms with Crippen LogP contribution in [0.4, 0.5) is 34.1 Å². The van der Waals surface area contributed by atoms with E-state index in [-0.39, 0.29) is 0 Å². The molecule has 0 saturated carbocycles. The fourth-order valence-electron chi connectivity index (χ4n) is 10.1. The maximum absolute atomic E-state index is 6.91. The van der Waals surface area contributed by atoms with Crippen LogP contribution >= 0.6 is 0 Å². The molecule has 4 heteroatoms. The number of nitrogens with zero attached hydrogens (tertiary/aromatic N) is 2. The van der Waals surface area contributed by atoms with Crippen molar-refractivity contribution in [3.8, 4) is 0 Å². The SMILES string of the molecule is Cc1ccc(N(c2ccc3ccc4c(N(c5ccc(C)cc5)c5c(C)ccc6c5oc5c(C)cccc56)ccc5ccc2c3c54)c2c(C)ccc3c2oc2c(C)cccc23)cc1. The molecule has 62 heavy (non-hydrogen) atoms. The van der Waals surface area contributed by atoms with E-state index in [2.05, 4.69) is 209 Å². The van der Waals surface area contributed by atoms with E-state index in [4.69, 9.17) is 8.83 Å². The number of aryl methyl sites for hydroxylation is 6. The predicted octanol–water partition coefficient (Wildman–Crippen LogP) is 17.2. The van der Waals surface area contributed by atoms with Crippen molar-refractivity contribution in [2.45, 2.75) is 41.5 Å². The number of anilines is 6. The molecule has 0 amide bonds. The molecule has 0 aliphatic carbocycles. The predicted molar refractivity (Wildman–Crippen MR) is 262 cm³/mol. The highest BCUT2D eigenvalue weighted by Gasteiger charge is 2.27. The van der Waals surface area contributed by atoms with Crippen molar-refractivity contribution in [3.05, 3.63) is 191 Å². The number of para-hydroxylation sites is 2. The van der Waals surface area contributed by atoms with Crippen LogP contribution in [-0.2, 0) is 0 Å². The van der Waals surface area contributed by atoms with Gasteiger partial charge in [-0.1, -0.05) is 132 Å². The Bertz CT molecular complexity index is 3510. The summed E-state index contributed by atoms with van der Waals surface area (Å²) >= 11 is 0. The highest BCUT2D eigenvalue weighted by atomic mass is 16.3. The second kappa shape index (κ2) is 13.5. The number of hydrogen-bond donors (Lipinski definition) is 0. The van der Waals surface area contributed by atoms with Gasteiger partial charge in [0.2, 0.25) is 0 Å². The molecule has 0 aliphatic rings. The summed E-state index contributed by atoms with van der Waals surface area (Å²) < 4.78 is 13.8. The van der Waals surface area contributed by atoms with Crippen LogP contribution in [0.25, 0.3) is 76.2 Å². The number of fused-ring (bicyclic) bond motifs is 6. The summed E-state index contributed by atoms with van der Waals surface area (Å²) in [4.78, 5) is 4.85. The van der Waals surface area contributed by atoms with Crippen LogP contribution < -0.4 is 9.80 Å². The fraction of sp³-hybridized carbons (Fsp3) is 0.103. The summed E-state index contributed by atoms with van der Waals surface area (Å²) in [6.07, 6.45) is 0. The number of furan rings is 2. The van der Waals surface area contributed by atoms with Gasteiger partial charge in [-0.15, -0.1) is 0 Å². The lowest BCUT2D eigenvalue weighted by Gasteiger charge is -2.30. The Labute approximate surface area is 360 Å². The summed E-state index contributed by atoms with van der Waals surface area (Å²) in [7, 11) is 0. The van der Waals surface area contributed by atoms with Crippen LogP contribution in [0.3, 0.4) is 0 Å². The van der Waals surface area contributed by atoms with Crippen LogP contribution in [0.1, 0.15) is 33.4 Å². The first-order chi connectivity index (χ1) is 30.2. The maximum atomic E-state index is 6.91. The standard InChI is InChI=1S/C58H44N2O2/c1-33-13-23-41(24-14-33)59(53-35(3)17-27-45-43-11-7-9-37(5)55(43)61-57(45)53)49-31-21-39-20-30-48-50(32-22-40-19-29-47(49)51(39)52(40)48)60(42-25-15-34(2)16-26-42)54-36(4)18-28-46-44-12-8-10-38(6)56(44)62-58(46)54/h7-32H,1-6H3. The zero-order valence-electron chi connectivity index (χ0n) is 35.7. The van der Waals surface area contributed by atoms with Crippen molar-refractivity contribution in [3.63, 3.8) is 0 Å². The van der Waals surface area contributed by atoms with Crippen LogP contribution in [0.5, 0.6) is 0 Å². The zero-order valence-corrected chi connectivity index (χ0v) is 35.7. The van der Waals surface area contributed by atoms with Gasteiger partial charge in [0.25, 0.3) is 0 Å². The van der Waals surface area contributed by atoms with Crippen molar-refractivity contribution in [2.75, 3.05) is 9.80 Å². The van der Waals surface area contributed by atoms with E-state index in [1.807, 2.05) is 0 Å². The topological polar surface area (TPSA) is 32.8 Å². The molecule has 0 atom stereocenters. The minimum absolute atomic E-state index is 0.891. The van der Waals surface area contributed by atoms with Crippen molar-refractivity contribution in [2.24, 2.45) is 0 Å². The van der Waals surface area contributed by atoms with Crippen LogP contribution in [-0.4, -0.2) is 0 Å². The molecule has 4 nitrogen and oxygen atoms in total. The molecule has 298 valence electrons. The van der Waals surface area contributed by atoms with Gasteiger partial charge in [0.05, 0.1) is 22.7 Å². The highest BCUT2D eigenvalue weighted by Crippen LogP contribution is 2.51. The maximum Gasteiger partial charge on any atom is 0.159 e. The molecule has 2 aromatic heterocycles. The normalized spacial score (nSPS) is 12.0. The molecule has 0 aliphatic heterocycles. The second-order valence-electron chi connectivity index (χ2n) is 17.3. The van der Waals surface area contributed by atoms with Gasteiger partial charge in [0.1, 0.15) is 11.2 Å². The van der Waals surface area contributed by atoms with Gasteiger partial charge in [0.15, 0.2) is 11.2 Å². The molecule has 0 radical (unpaired) electrons. The first kappa shape index (κ1) is 36.3. The Balaban J connectivity index is 1.15. The minimum atomic E-state index is 0.891. The van der Waals surface area contributed by atoms with E-state index in [0.717, 1.165) is 100 Å². The highest BCUT2D eigenvalue weighted by molar-refractivity contribution is 6.29. The van der Waals surface area contributed by atoms with E-state index in [1.54, 1.807) is 0 Å². The number of rotatable bonds is 6. The molecular weight excluding hydrogens is 757 g/mol. The van der Waals surface area contributed by atoms with Crippen LogP contribution in [0.15, 0.2) is 167 Å². The second-order valence-corrected chi connectivity index (χ2v) is 17.3. The molecule has 0 saturated heterocycles. The largest absolute Gasteiger partial charge is 0.454 e. The lowest BCUT2D eigenvalue weighted by molar-refractivity contribution is 0.665. The summed E-state index contributed by atoms with van der Waals surface area (Å²) in [5.41, 5.74) is 17.1. The molecule has 0 unspecified atom stereocenters. The monoisotopic (exact) mass is 800 g/mol. The Morgan fingerprint density at radius 2 is 0.677 bits per heavy atom. The summed E-state index contributed by atoms with van der Waals surface area (Å²) in [6, 6.07) is 57.9. The third-order valence-electron chi connectivity index (χ3n) is 13.2. The number of benzene rings is 10. The lowest BCUT2D eigenvalue weighted by Crippen LogP contribution is -2.13. The lowest BCUT2D eigenvalue weighted by atomic mass is 9.91. The van der Waals surface area contributed by atoms with E-state index >= 15 is 0 Å². The third kappa shape index (κ3) is 5.26. The Kier molecular flexibility index (Phi) is 7.89. The molecule has 12 aromatic rings. The Hall–Kier alpha value is -7.56. The molecular formula is C58H44N2O2. The summed E-state index contributed by atoms with van der Waals surface area (Å²) in [5, 5.41) is 11.7. The van der Waals surface area contributed by atoms with Gasteiger partial charge in [-0.2, -0.15) is 0 Å². The van der Waals surface area contributed by atoms with Gasteiger partial charge in [-0.05, 0) is 122 Å². The van der Waals surface area contributed by atoms with Gasteiger partial charge < -0.3 is 18.6 Å². The van der Waals surface area contributed by atoms with E-state index in [0.29, 0.717) is 0 Å². The van der Waals surface area contributed by atoms with Crippen LogP contribution in [0.2, 0.25) is 0 Å². The van der Waals surface area contributed by atoms with Gasteiger partial charge in [0, 0.05) is 43.7 Å². The number of hydrogen-bond acceptors (Lipinski definition) is 4. The fourth-order valence-corrected chi connectivity index (χ4v) is 10.1. The van der Waals surface area contributed by atoms with Crippen molar-refractivity contribution in [1.82, 2.24) is 0 Å². The molecule has 10 aromatic carbocycles. The molecule has 0 N–H and O–H groups in total. The van der Waals surface area contributed by atoms with Crippen molar-refractivity contribution >= 4 is 110 Å². The van der Waals surface area contributed by atoms with Gasteiger partial charge in [-0.3, -0.25) is 0 Å². The summed E-state index contributed by atoms with van der Waals surface area (Å²) in [5.74, 6) is 0. The third-order valence-corrected chi connectivity index (χ3v) is 13.2. The molecule has 0 fully saturated rings. The van der Waals surface area contributed by atoms with Crippen LogP contribution in [0, 0.1) is 41.5 Å². The molecule has 0 spiro atoms. The first-order valence-corrected chi connectivity index (χ1v) is 21.5. The Morgan fingerprint density at radius 1 is 0.306 bits per heavy atom.